The van der Waals surface area contributed by atoms with E-state index in [1.807, 2.05) is 17.5 Å². The van der Waals surface area contributed by atoms with Gasteiger partial charge in [0, 0.05) is 23.8 Å². The molecule has 0 fully saturated rings. The second-order valence-electron chi connectivity index (χ2n) is 7.80. The molecular formula is C22H30N2O2S2. The van der Waals surface area contributed by atoms with Crippen molar-refractivity contribution in [3.63, 3.8) is 0 Å². The van der Waals surface area contributed by atoms with Gasteiger partial charge in [0.15, 0.2) is 5.13 Å². The Hall–Kier alpha value is -1.68. The molecule has 6 heteroatoms. The van der Waals surface area contributed by atoms with Crippen molar-refractivity contribution in [3.05, 3.63) is 33.0 Å². The predicted molar refractivity (Wildman–Crippen MR) is 119 cm³/mol. The number of nitrogens with one attached hydrogen (secondary N) is 1. The van der Waals surface area contributed by atoms with Gasteiger partial charge in [-0.15, -0.1) is 22.7 Å². The number of carbonyl (C=O) groups is 1. The van der Waals surface area contributed by atoms with Gasteiger partial charge in [-0.3, -0.25) is 10.1 Å². The third-order valence-corrected chi connectivity index (χ3v) is 6.00. The van der Waals surface area contributed by atoms with Gasteiger partial charge < -0.3 is 5.11 Å². The van der Waals surface area contributed by atoms with Crippen molar-refractivity contribution in [2.45, 2.75) is 71.1 Å². The lowest BCUT2D eigenvalue weighted by molar-refractivity contribution is 0.103. The number of aromatic nitrogens is 1. The zero-order valence-corrected chi connectivity index (χ0v) is 18.6. The van der Waals surface area contributed by atoms with E-state index in [-0.39, 0.29) is 11.3 Å². The number of hydrogen-bond acceptors (Lipinski definition) is 5. The quantitative estimate of drug-likeness (QED) is 0.398. The highest BCUT2D eigenvalue weighted by atomic mass is 32.1. The molecule has 0 saturated carbocycles. The molecule has 2 aromatic rings. The van der Waals surface area contributed by atoms with E-state index in [1.165, 1.54) is 41.9 Å². The van der Waals surface area contributed by atoms with Gasteiger partial charge in [-0.2, -0.15) is 0 Å². The molecule has 2 rings (SSSR count). The molecular weight excluding hydrogens is 388 g/mol. The summed E-state index contributed by atoms with van der Waals surface area (Å²) >= 11 is 2.87. The lowest BCUT2D eigenvalue weighted by Gasteiger charge is -2.14. The van der Waals surface area contributed by atoms with E-state index in [0.29, 0.717) is 16.6 Å². The zero-order valence-electron chi connectivity index (χ0n) is 17.0. The lowest BCUT2D eigenvalue weighted by Crippen LogP contribution is -2.13. The second-order valence-corrected chi connectivity index (χ2v) is 9.74. The molecule has 28 heavy (non-hydrogen) atoms. The SMILES string of the molecule is CC(C)(C)c1csc(NC(=O)c2ccc(C#CCCCCCCCCO)s2)n1. The Morgan fingerprint density at radius 3 is 2.54 bits per heavy atom. The topological polar surface area (TPSA) is 62.2 Å². The Balaban J connectivity index is 1.76. The number of anilines is 1. The fourth-order valence-electron chi connectivity index (χ4n) is 2.54. The molecule has 0 aromatic carbocycles. The number of aliphatic hydroxyl groups excluding tert-OH is 1. The van der Waals surface area contributed by atoms with Crippen molar-refractivity contribution in [3.8, 4) is 11.8 Å². The van der Waals surface area contributed by atoms with Crippen LogP contribution in [0.4, 0.5) is 5.13 Å². The molecule has 0 unspecified atom stereocenters. The van der Waals surface area contributed by atoms with E-state index < -0.39 is 0 Å². The molecule has 0 aliphatic heterocycles. The number of hydrogen-bond donors (Lipinski definition) is 2. The molecule has 0 aliphatic carbocycles. The summed E-state index contributed by atoms with van der Waals surface area (Å²) in [6, 6.07) is 3.73. The average Bonchev–Trinajstić information content (AvgIpc) is 3.29. The standard InChI is InChI=1S/C22H30N2O2S2/c1-22(2,3)19-16-27-21(23-19)24-20(26)18-14-13-17(28-18)12-10-8-6-4-5-7-9-11-15-25/h13-14,16,25H,4-9,11,15H2,1-3H3,(H,23,24,26). The Bertz CT molecular complexity index is 806. The average molecular weight is 419 g/mol. The van der Waals surface area contributed by atoms with Crippen LogP contribution in [-0.2, 0) is 5.41 Å². The van der Waals surface area contributed by atoms with Crippen LogP contribution in [0.5, 0.6) is 0 Å². The Morgan fingerprint density at radius 1 is 1.14 bits per heavy atom. The van der Waals surface area contributed by atoms with Gasteiger partial charge in [-0.05, 0) is 25.0 Å². The van der Waals surface area contributed by atoms with Gasteiger partial charge in [0.2, 0.25) is 0 Å². The molecule has 0 radical (unpaired) electrons. The van der Waals surface area contributed by atoms with Crippen LogP contribution >= 0.6 is 22.7 Å². The highest BCUT2D eigenvalue weighted by molar-refractivity contribution is 7.15. The number of aliphatic hydroxyl groups is 1. The van der Waals surface area contributed by atoms with Crippen molar-refractivity contribution >= 4 is 33.7 Å². The minimum atomic E-state index is -0.129. The maximum atomic E-state index is 12.4. The van der Waals surface area contributed by atoms with Crippen LogP contribution in [0.25, 0.3) is 0 Å². The first-order chi connectivity index (χ1) is 13.4. The number of nitrogens with zero attached hydrogens (tertiary/aromatic N) is 1. The molecule has 0 atom stereocenters. The molecule has 0 saturated heterocycles. The third kappa shape index (κ3) is 7.75. The first kappa shape index (κ1) is 22.6. The summed E-state index contributed by atoms with van der Waals surface area (Å²) in [4.78, 5) is 18.5. The van der Waals surface area contributed by atoms with Gasteiger partial charge in [0.05, 0.1) is 15.4 Å². The van der Waals surface area contributed by atoms with E-state index >= 15 is 0 Å². The summed E-state index contributed by atoms with van der Waals surface area (Å²) < 4.78 is 0. The fourth-order valence-corrected chi connectivity index (χ4v) is 4.25. The van der Waals surface area contributed by atoms with Crippen LogP contribution in [0.15, 0.2) is 17.5 Å². The summed E-state index contributed by atoms with van der Waals surface area (Å²) in [6.07, 6.45) is 7.59. The lowest BCUT2D eigenvalue weighted by atomic mass is 9.93. The Labute approximate surface area is 176 Å². The molecule has 0 bridgehead atoms. The van der Waals surface area contributed by atoms with Crippen LogP contribution in [0.1, 0.15) is 86.0 Å². The maximum absolute atomic E-state index is 12.4. The van der Waals surface area contributed by atoms with Gasteiger partial charge in [0.1, 0.15) is 0 Å². The Kier molecular flexibility index (Phi) is 9.17. The number of thiazole rings is 1. The molecule has 152 valence electrons. The van der Waals surface area contributed by atoms with Gasteiger partial charge in [-0.1, -0.05) is 58.3 Å². The highest BCUT2D eigenvalue weighted by Crippen LogP contribution is 2.27. The number of unbranched alkanes of at least 4 members (excludes halogenated alkanes) is 6. The van der Waals surface area contributed by atoms with Crippen molar-refractivity contribution in [1.82, 2.24) is 4.98 Å². The van der Waals surface area contributed by atoms with Gasteiger partial charge >= 0.3 is 0 Å². The monoisotopic (exact) mass is 418 g/mol. The van der Waals surface area contributed by atoms with Crippen molar-refractivity contribution in [2.24, 2.45) is 0 Å². The van der Waals surface area contributed by atoms with Crippen LogP contribution < -0.4 is 5.32 Å². The van der Waals surface area contributed by atoms with Crippen molar-refractivity contribution in [1.29, 1.82) is 0 Å². The minimum Gasteiger partial charge on any atom is -0.396 e. The number of rotatable bonds is 9. The zero-order chi connectivity index (χ0) is 20.4. The molecule has 1 amide bonds. The molecule has 2 aromatic heterocycles. The van der Waals surface area contributed by atoms with Crippen LogP contribution in [0, 0.1) is 11.8 Å². The van der Waals surface area contributed by atoms with Crippen molar-refractivity contribution < 1.29 is 9.90 Å². The summed E-state index contributed by atoms with van der Waals surface area (Å²) in [5, 5.41) is 14.3. The first-order valence-corrected chi connectivity index (χ1v) is 11.6. The molecule has 4 nitrogen and oxygen atoms in total. The summed E-state index contributed by atoms with van der Waals surface area (Å²) in [5.41, 5.74) is 0.962. The minimum absolute atomic E-state index is 0.0232. The maximum Gasteiger partial charge on any atom is 0.267 e. The summed E-state index contributed by atoms with van der Waals surface area (Å²) in [5.74, 6) is 6.24. The van der Waals surface area contributed by atoms with E-state index in [9.17, 15) is 4.79 Å². The third-order valence-electron chi connectivity index (χ3n) is 4.24. The molecule has 0 aliphatic rings. The Morgan fingerprint density at radius 2 is 1.86 bits per heavy atom. The fraction of sp³-hybridized carbons (Fsp3) is 0.545. The number of thiophene rings is 1. The largest absolute Gasteiger partial charge is 0.396 e. The second kappa shape index (κ2) is 11.4. The van der Waals surface area contributed by atoms with Gasteiger partial charge in [-0.25, -0.2) is 4.98 Å². The molecule has 2 heterocycles. The first-order valence-electron chi connectivity index (χ1n) is 9.87. The van der Waals surface area contributed by atoms with Crippen LogP contribution in [0.2, 0.25) is 0 Å². The predicted octanol–water partition coefficient (Wildman–Crippen LogP) is 5.83. The van der Waals surface area contributed by atoms with Crippen LogP contribution in [-0.4, -0.2) is 22.6 Å². The summed E-state index contributed by atoms with van der Waals surface area (Å²) in [6.45, 7) is 6.62. The van der Waals surface area contributed by atoms with Gasteiger partial charge in [0.25, 0.3) is 5.91 Å². The smallest absolute Gasteiger partial charge is 0.267 e. The molecule has 2 N–H and O–H groups in total. The van der Waals surface area contributed by atoms with E-state index in [4.69, 9.17) is 5.11 Å². The normalized spacial score (nSPS) is 11.1. The van der Waals surface area contributed by atoms with E-state index in [2.05, 4.69) is 42.9 Å². The van der Waals surface area contributed by atoms with E-state index in [0.717, 1.165) is 36.3 Å². The number of amides is 1. The highest BCUT2D eigenvalue weighted by Gasteiger charge is 2.18. The van der Waals surface area contributed by atoms with E-state index in [1.54, 1.807) is 0 Å². The van der Waals surface area contributed by atoms with Crippen molar-refractivity contribution in [2.75, 3.05) is 11.9 Å². The number of carbonyl (C=O) groups excluding carboxylic acids is 1. The molecule has 0 spiro atoms. The van der Waals surface area contributed by atoms with Crippen LogP contribution in [0.3, 0.4) is 0 Å². The summed E-state index contributed by atoms with van der Waals surface area (Å²) in [7, 11) is 0.